The molecule has 1 unspecified atom stereocenters. The zero-order chi connectivity index (χ0) is 27.5. The minimum absolute atomic E-state index is 0. The zero-order valence-electron chi connectivity index (χ0n) is 22.2. The number of ether oxygens (including phenoxy) is 2. The van der Waals surface area contributed by atoms with Gasteiger partial charge >= 0.3 is 0 Å². The predicted octanol–water partition coefficient (Wildman–Crippen LogP) is 4.87. The van der Waals surface area contributed by atoms with E-state index in [1.54, 1.807) is 36.4 Å². The van der Waals surface area contributed by atoms with E-state index in [2.05, 4.69) is 5.32 Å². The van der Waals surface area contributed by atoms with E-state index in [-0.39, 0.29) is 48.6 Å². The number of amides is 2. The summed E-state index contributed by atoms with van der Waals surface area (Å²) < 4.78 is 12.1. The van der Waals surface area contributed by atoms with Crippen LogP contribution in [0, 0.1) is 0 Å². The highest BCUT2D eigenvalue weighted by atomic mass is 35.5. The second-order valence-corrected chi connectivity index (χ2v) is 9.79. The van der Waals surface area contributed by atoms with E-state index in [1.165, 1.54) is 0 Å². The number of nitrogens with zero attached hydrogens (tertiary/aromatic N) is 2. The lowest BCUT2D eigenvalue weighted by Crippen LogP contribution is -2.47. The van der Waals surface area contributed by atoms with Gasteiger partial charge in [-0.25, -0.2) is 0 Å². The Morgan fingerprint density at radius 3 is 2.40 bits per heavy atom. The number of halogens is 1. The number of Topliss-reactive ketones (excluding diaryl/α,β-unsaturated/α-hetero) is 2. The number of hydrogen-bond acceptors (Lipinski definition) is 8. The Bertz CT molecular complexity index is 1440. The molecule has 3 aromatic carbocycles. The van der Waals surface area contributed by atoms with Crippen molar-refractivity contribution in [1.82, 2.24) is 9.80 Å². The van der Waals surface area contributed by atoms with E-state index in [0.717, 1.165) is 11.4 Å². The SMILES string of the molecule is CN(C)CCOc1ccc(Nc2cccc3c2C(=O)N(C2CCC(=O)CC2=O)C3=O)c(Oc2ccccc2)c1.Cl. The number of hydrogen-bond donors (Lipinski definition) is 1. The molecule has 0 radical (unpaired) electrons. The minimum atomic E-state index is -0.932. The maximum Gasteiger partial charge on any atom is 0.264 e. The molecule has 1 heterocycles. The third-order valence-corrected chi connectivity index (χ3v) is 6.70. The number of benzene rings is 3. The molecule has 1 saturated carbocycles. The molecule has 208 valence electrons. The summed E-state index contributed by atoms with van der Waals surface area (Å²) in [6.07, 6.45) is 0.0562. The van der Waals surface area contributed by atoms with E-state index in [4.69, 9.17) is 9.47 Å². The van der Waals surface area contributed by atoms with Crippen molar-refractivity contribution < 1.29 is 28.7 Å². The summed E-state index contributed by atoms with van der Waals surface area (Å²) in [5.41, 5.74) is 1.37. The van der Waals surface area contributed by atoms with Gasteiger partial charge in [-0.15, -0.1) is 12.4 Å². The molecule has 10 heteroatoms. The molecule has 0 saturated heterocycles. The van der Waals surface area contributed by atoms with Gasteiger partial charge in [-0.3, -0.25) is 24.1 Å². The maximum absolute atomic E-state index is 13.5. The first-order valence-corrected chi connectivity index (χ1v) is 12.8. The Morgan fingerprint density at radius 2 is 1.68 bits per heavy atom. The van der Waals surface area contributed by atoms with Crippen molar-refractivity contribution in [3.63, 3.8) is 0 Å². The molecule has 0 spiro atoms. The number of likely N-dealkylation sites (N-methyl/N-ethyl adjacent to an activating group) is 1. The normalized spacial score (nSPS) is 16.6. The molecular weight excluding hydrogens is 534 g/mol. The van der Waals surface area contributed by atoms with Crippen LogP contribution in [0.4, 0.5) is 11.4 Å². The van der Waals surface area contributed by atoms with Gasteiger partial charge in [0.2, 0.25) is 0 Å². The Morgan fingerprint density at radius 1 is 0.900 bits per heavy atom. The van der Waals surface area contributed by atoms with E-state index in [9.17, 15) is 19.2 Å². The molecule has 0 bridgehead atoms. The smallest absolute Gasteiger partial charge is 0.264 e. The van der Waals surface area contributed by atoms with Gasteiger partial charge in [0.15, 0.2) is 11.5 Å². The van der Waals surface area contributed by atoms with Crippen LogP contribution in [0.25, 0.3) is 0 Å². The van der Waals surface area contributed by atoms with E-state index < -0.39 is 23.6 Å². The fraction of sp³-hybridized carbons (Fsp3) is 0.267. The van der Waals surface area contributed by atoms with Crippen LogP contribution in [0.15, 0.2) is 66.7 Å². The lowest BCUT2D eigenvalue weighted by molar-refractivity contribution is -0.132. The van der Waals surface area contributed by atoms with Crippen LogP contribution in [0.2, 0.25) is 0 Å². The van der Waals surface area contributed by atoms with Crippen LogP contribution < -0.4 is 14.8 Å². The molecule has 0 aromatic heterocycles. The Hall–Kier alpha value is -4.21. The van der Waals surface area contributed by atoms with Crippen molar-refractivity contribution in [2.75, 3.05) is 32.6 Å². The summed E-state index contributed by atoms with van der Waals surface area (Å²) in [6, 6.07) is 18.7. The molecule has 1 aliphatic carbocycles. The van der Waals surface area contributed by atoms with Crippen molar-refractivity contribution in [2.45, 2.75) is 25.3 Å². The third kappa shape index (κ3) is 6.00. The number of imide groups is 1. The fourth-order valence-corrected chi connectivity index (χ4v) is 4.71. The summed E-state index contributed by atoms with van der Waals surface area (Å²) >= 11 is 0. The number of nitrogens with one attached hydrogen (secondary N) is 1. The fourth-order valence-electron chi connectivity index (χ4n) is 4.71. The summed E-state index contributed by atoms with van der Waals surface area (Å²) in [5, 5.41) is 3.26. The molecule has 2 amide bonds. The monoisotopic (exact) mass is 563 g/mol. The maximum atomic E-state index is 13.5. The molecule has 1 aliphatic heterocycles. The molecule has 1 fully saturated rings. The number of anilines is 2. The number of para-hydroxylation sites is 1. The quantitative estimate of drug-likeness (QED) is 0.290. The number of ketones is 2. The molecule has 1 atom stereocenters. The van der Waals surface area contributed by atoms with Crippen molar-refractivity contribution in [2.24, 2.45) is 0 Å². The van der Waals surface area contributed by atoms with E-state index >= 15 is 0 Å². The average molecular weight is 564 g/mol. The van der Waals surface area contributed by atoms with Crippen molar-refractivity contribution in [3.8, 4) is 17.2 Å². The van der Waals surface area contributed by atoms with Crippen LogP contribution in [-0.4, -0.2) is 66.5 Å². The summed E-state index contributed by atoms with van der Waals surface area (Å²) in [5.74, 6) is 0.0444. The Balaban J connectivity index is 0.00000370. The number of carbonyl (C=O) groups is 4. The predicted molar refractivity (Wildman–Crippen MR) is 152 cm³/mol. The van der Waals surface area contributed by atoms with Gasteiger partial charge in [0.25, 0.3) is 11.8 Å². The second kappa shape index (κ2) is 12.3. The lowest BCUT2D eigenvalue weighted by Gasteiger charge is -2.27. The van der Waals surface area contributed by atoms with Crippen LogP contribution in [0.5, 0.6) is 17.2 Å². The Labute approximate surface area is 238 Å². The molecule has 1 N–H and O–H groups in total. The van der Waals surface area contributed by atoms with Gasteiger partial charge in [0, 0.05) is 19.0 Å². The topological polar surface area (TPSA) is 105 Å². The highest BCUT2D eigenvalue weighted by Crippen LogP contribution is 2.39. The molecule has 9 nitrogen and oxygen atoms in total. The average Bonchev–Trinajstić information content (AvgIpc) is 3.16. The van der Waals surface area contributed by atoms with Crippen LogP contribution in [0.3, 0.4) is 0 Å². The van der Waals surface area contributed by atoms with Crippen LogP contribution >= 0.6 is 12.4 Å². The van der Waals surface area contributed by atoms with Gasteiger partial charge in [-0.05, 0) is 56.9 Å². The number of carbonyl (C=O) groups excluding carboxylic acids is 4. The molecular formula is C30H30ClN3O6. The summed E-state index contributed by atoms with van der Waals surface area (Å²) in [4.78, 5) is 54.0. The Kier molecular flexibility index (Phi) is 8.86. The minimum Gasteiger partial charge on any atom is -0.492 e. The molecule has 5 rings (SSSR count). The first-order chi connectivity index (χ1) is 18.8. The van der Waals surface area contributed by atoms with Crippen molar-refractivity contribution in [3.05, 3.63) is 77.9 Å². The lowest BCUT2D eigenvalue weighted by atomic mass is 9.92. The van der Waals surface area contributed by atoms with Gasteiger partial charge in [-0.1, -0.05) is 24.3 Å². The largest absolute Gasteiger partial charge is 0.492 e. The van der Waals surface area contributed by atoms with Crippen LogP contribution in [-0.2, 0) is 9.59 Å². The number of fused-ring (bicyclic) bond motifs is 1. The molecule has 40 heavy (non-hydrogen) atoms. The van der Waals surface area contributed by atoms with Gasteiger partial charge in [-0.2, -0.15) is 0 Å². The highest BCUT2D eigenvalue weighted by Gasteiger charge is 2.45. The molecule has 3 aromatic rings. The zero-order valence-corrected chi connectivity index (χ0v) is 23.0. The third-order valence-electron chi connectivity index (χ3n) is 6.70. The highest BCUT2D eigenvalue weighted by molar-refractivity contribution is 6.26. The van der Waals surface area contributed by atoms with E-state index in [1.807, 2.05) is 49.3 Å². The molecule has 2 aliphatic rings. The van der Waals surface area contributed by atoms with Gasteiger partial charge in [0.1, 0.15) is 23.9 Å². The number of rotatable bonds is 9. The first kappa shape index (κ1) is 28.8. The second-order valence-electron chi connectivity index (χ2n) is 9.79. The van der Waals surface area contributed by atoms with Crippen LogP contribution in [0.1, 0.15) is 40.0 Å². The van der Waals surface area contributed by atoms with Crippen molar-refractivity contribution in [1.29, 1.82) is 0 Å². The van der Waals surface area contributed by atoms with Gasteiger partial charge in [0.05, 0.1) is 35.0 Å². The van der Waals surface area contributed by atoms with Crippen molar-refractivity contribution >= 4 is 47.2 Å². The first-order valence-electron chi connectivity index (χ1n) is 12.8. The van der Waals surface area contributed by atoms with Gasteiger partial charge < -0.3 is 19.7 Å². The summed E-state index contributed by atoms with van der Waals surface area (Å²) in [6.45, 7) is 1.24. The van der Waals surface area contributed by atoms with E-state index in [0.29, 0.717) is 35.2 Å². The standard InChI is InChI=1S/C30H29N3O6.ClH/c1-32(2)15-16-38-21-12-13-23(27(18-21)39-20-7-4-3-5-8-20)31-24-10-6-9-22-28(24)30(37)33(29(22)36)25-14-11-19(34)17-26(25)35;/h3-10,12-13,18,25,31H,11,14-17H2,1-2H3;1H. The summed E-state index contributed by atoms with van der Waals surface area (Å²) in [7, 11) is 3.94.